The summed E-state index contributed by atoms with van der Waals surface area (Å²) in [5.41, 5.74) is 3.48. The number of benzene rings is 3. The van der Waals surface area contributed by atoms with E-state index in [1.54, 1.807) is 18.2 Å². The molecule has 0 heterocycles. The smallest absolute Gasteiger partial charge is 0.264 e. The Bertz CT molecular complexity index is 847. The Morgan fingerprint density at radius 2 is 1.56 bits per heavy atom. The van der Waals surface area contributed by atoms with Crippen LogP contribution in [0.5, 0.6) is 0 Å². The summed E-state index contributed by atoms with van der Waals surface area (Å²) in [4.78, 5) is 5.27. The normalized spacial score (nSPS) is 11.2. The van der Waals surface area contributed by atoms with Gasteiger partial charge in [-0.3, -0.25) is 0 Å². The number of hydrogen-bond acceptors (Lipinski definition) is 2. The summed E-state index contributed by atoms with van der Waals surface area (Å²) in [5.74, 6) is 0. The molecule has 0 aliphatic carbocycles. The molecule has 0 unspecified atom stereocenters. The molecule has 0 amide bonds. The summed E-state index contributed by atoms with van der Waals surface area (Å²) < 4.78 is 25.8. The van der Waals surface area contributed by atoms with Gasteiger partial charge >= 0.3 is 0 Å². The fraction of sp³-hybridized carbons (Fsp3) is 0.0952. The molecule has 0 bridgehead atoms. The third kappa shape index (κ3) is 4.51. The van der Waals surface area contributed by atoms with Gasteiger partial charge < -0.3 is 4.84 Å². The minimum Gasteiger partial charge on any atom is -0.391 e. The number of rotatable bonds is 6. The van der Waals surface area contributed by atoms with E-state index in [0.717, 1.165) is 16.7 Å². The highest BCUT2D eigenvalue weighted by Gasteiger charge is 2.10. The van der Waals surface area contributed by atoms with Gasteiger partial charge in [0.15, 0.2) is 0 Å². The van der Waals surface area contributed by atoms with Gasteiger partial charge in [-0.2, -0.15) is 0 Å². The van der Waals surface area contributed by atoms with Crippen LogP contribution in [0.2, 0.25) is 0 Å². The number of hydrogen-bond donors (Lipinski definition) is 0. The van der Waals surface area contributed by atoms with Crippen LogP contribution in [0.15, 0.2) is 84.0 Å². The Labute approximate surface area is 145 Å². The highest BCUT2D eigenvalue weighted by atomic mass is 19.3. The molecule has 0 saturated heterocycles. The highest BCUT2D eigenvalue weighted by Crippen LogP contribution is 2.22. The summed E-state index contributed by atoms with van der Waals surface area (Å²) in [6, 6.07) is 24.2. The second-order valence-corrected chi connectivity index (χ2v) is 5.50. The summed E-state index contributed by atoms with van der Waals surface area (Å²) in [7, 11) is 0. The molecule has 0 aromatic heterocycles. The molecule has 0 radical (unpaired) electrons. The molecule has 4 heteroatoms. The quantitative estimate of drug-likeness (QED) is 0.409. The Morgan fingerprint density at radius 1 is 0.840 bits per heavy atom. The molecule has 0 aliphatic heterocycles. The summed E-state index contributed by atoms with van der Waals surface area (Å²) in [6.45, 7) is 0.272. The van der Waals surface area contributed by atoms with Crippen LogP contribution < -0.4 is 0 Å². The van der Waals surface area contributed by atoms with Crippen LogP contribution in [0.3, 0.4) is 0 Å². The van der Waals surface area contributed by atoms with Gasteiger partial charge in [0.2, 0.25) is 0 Å². The van der Waals surface area contributed by atoms with Crippen molar-refractivity contribution in [2.75, 3.05) is 0 Å². The first kappa shape index (κ1) is 16.8. The molecule has 2 nitrogen and oxygen atoms in total. The topological polar surface area (TPSA) is 21.6 Å². The van der Waals surface area contributed by atoms with Crippen LogP contribution >= 0.6 is 0 Å². The predicted molar refractivity (Wildman–Crippen MR) is 95.7 cm³/mol. The van der Waals surface area contributed by atoms with Crippen molar-refractivity contribution in [2.45, 2.75) is 13.0 Å². The van der Waals surface area contributed by atoms with Gasteiger partial charge in [0, 0.05) is 11.1 Å². The van der Waals surface area contributed by atoms with Crippen LogP contribution in [0.25, 0.3) is 11.1 Å². The molecule has 0 aliphatic rings. The van der Waals surface area contributed by atoms with Crippen LogP contribution in [0.4, 0.5) is 8.78 Å². The van der Waals surface area contributed by atoms with Crippen LogP contribution in [-0.2, 0) is 11.4 Å². The van der Waals surface area contributed by atoms with Gasteiger partial charge in [-0.1, -0.05) is 78.0 Å². The van der Waals surface area contributed by atoms with Gasteiger partial charge in [0.25, 0.3) is 6.43 Å². The van der Waals surface area contributed by atoms with Gasteiger partial charge in [-0.25, -0.2) is 8.78 Å². The molecule has 0 fully saturated rings. The Kier molecular flexibility index (Phi) is 5.52. The van der Waals surface area contributed by atoms with Gasteiger partial charge in [0.05, 0.1) is 6.21 Å². The molecular formula is C21H17F2NO. The minimum atomic E-state index is -2.54. The number of oxime groups is 1. The maximum absolute atomic E-state index is 12.9. The molecule has 0 N–H and O–H groups in total. The number of alkyl halides is 2. The van der Waals surface area contributed by atoms with Gasteiger partial charge in [-0.15, -0.1) is 0 Å². The number of nitrogens with zero attached hydrogens (tertiary/aromatic N) is 1. The zero-order valence-electron chi connectivity index (χ0n) is 13.5. The lowest BCUT2D eigenvalue weighted by Crippen LogP contribution is -1.94. The molecule has 3 rings (SSSR count). The Hall–Kier alpha value is -3.01. The van der Waals surface area contributed by atoms with E-state index < -0.39 is 6.43 Å². The van der Waals surface area contributed by atoms with Crippen LogP contribution in [0.1, 0.15) is 23.1 Å². The molecule has 0 saturated carbocycles. The van der Waals surface area contributed by atoms with Crippen molar-refractivity contribution in [1.29, 1.82) is 0 Å². The maximum Gasteiger partial charge on any atom is 0.264 e. The van der Waals surface area contributed by atoms with Crippen LogP contribution in [0, 0.1) is 0 Å². The van der Waals surface area contributed by atoms with Gasteiger partial charge in [-0.05, 0) is 22.8 Å². The first-order valence-electron chi connectivity index (χ1n) is 7.91. The average Bonchev–Trinajstić information content (AvgIpc) is 2.66. The maximum atomic E-state index is 12.9. The van der Waals surface area contributed by atoms with Crippen LogP contribution in [-0.4, -0.2) is 6.21 Å². The molecule has 126 valence electrons. The van der Waals surface area contributed by atoms with Gasteiger partial charge in [0.1, 0.15) is 6.61 Å². The van der Waals surface area contributed by atoms with Crippen molar-refractivity contribution in [3.8, 4) is 11.1 Å². The Balaban J connectivity index is 1.65. The first-order chi connectivity index (χ1) is 12.2. The van der Waals surface area contributed by atoms with Crippen molar-refractivity contribution in [3.63, 3.8) is 0 Å². The SMILES string of the molecule is FC(F)c1ccccc1C=NOCc1cccc(-c2ccccc2)c1. The summed E-state index contributed by atoms with van der Waals surface area (Å²) in [5, 5.41) is 3.82. The van der Waals surface area contributed by atoms with Crippen molar-refractivity contribution >= 4 is 6.21 Å². The second-order valence-electron chi connectivity index (χ2n) is 5.50. The zero-order valence-corrected chi connectivity index (χ0v) is 13.5. The molecule has 0 spiro atoms. The standard InChI is InChI=1S/C21H17F2NO/c22-21(23)20-12-5-4-10-19(20)14-24-25-15-16-7-6-11-18(13-16)17-8-2-1-3-9-17/h1-14,21H,15H2. The lowest BCUT2D eigenvalue weighted by atomic mass is 10.0. The molecular weight excluding hydrogens is 320 g/mol. The van der Waals surface area contributed by atoms with E-state index in [4.69, 9.17) is 4.84 Å². The summed E-state index contributed by atoms with van der Waals surface area (Å²) >= 11 is 0. The van der Waals surface area contributed by atoms with E-state index >= 15 is 0 Å². The third-order valence-electron chi connectivity index (χ3n) is 3.76. The Morgan fingerprint density at radius 3 is 2.36 bits per heavy atom. The predicted octanol–water partition coefficient (Wildman–Crippen LogP) is 5.84. The van der Waals surface area contributed by atoms with Crippen molar-refractivity contribution in [1.82, 2.24) is 0 Å². The molecule has 3 aromatic carbocycles. The fourth-order valence-corrected chi connectivity index (χ4v) is 2.50. The second kappa shape index (κ2) is 8.20. The monoisotopic (exact) mass is 337 g/mol. The van der Waals surface area contributed by atoms with E-state index in [1.807, 2.05) is 54.6 Å². The fourth-order valence-electron chi connectivity index (χ4n) is 2.50. The summed E-state index contributed by atoms with van der Waals surface area (Å²) in [6.07, 6.45) is -1.21. The zero-order chi connectivity index (χ0) is 17.5. The molecule has 0 atom stereocenters. The number of halogens is 2. The van der Waals surface area contributed by atoms with E-state index in [9.17, 15) is 8.78 Å². The van der Waals surface area contributed by atoms with Crippen molar-refractivity contribution in [3.05, 3.63) is 95.6 Å². The lowest BCUT2D eigenvalue weighted by molar-refractivity contribution is 0.132. The molecule has 3 aromatic rings. The van der Waals surface area contributed by atoms with E-state index in [-0.39, 0.29) is 12.2 Å². The van der Waals surface area contributed by atoms with E-state index in [2.05, 4.69) is 5.16 Å². The van der Waals surface area contributed by atoms with E-state index in [0.29, 0.717) is 5.56 Å². The lowest BCUT2D eigenvalue weighted by Gasteiger charge is -2.05. The molecule has 25 heavy (non-hydrogen) atoms. The van der Waals surface area contributed by atoms with E-state index in [1.165, 1.54) is 12.3 Å². The first-order valence-corrected chi connectivity index (χ1v) is 7.91. The average molecular weight is 337 g/mol. The van der Waals surface area contributed by atoms with Crippen molar-refractivity contribution in [2.24, 2.45) is 5.16 Å². The minimum absolute atomic E-state index is 0.0547. The van der Waals surface area contributed by atoms with Crippen molar-refractivity contribution < 1.29 is 13.6 Å². The largest absolute Gasteiger partial charge is 0.391 e. The highest BCUT2D eigenvalue weighted by molar-refractivity contribution is 5.81. The third-order valence-corrected chi connectivity index (χ3v) is 3.76.